The van der Waals surface area contributed by atoms with E-state index in [2.05, 4.69) is 83.3 Å². The molecule has 0 aliphatic carbocycles. The highest BCUT2D eigenvalue weighted by Gasteiger charge is 2.14. The number of benzene rings is 2. The van der Waals surface area contributed by atoms with Crippen molar-refractivity contribution in [2.45, 2.75) is 53.6 Å². The van der Waals surface area contributed by atoms with E-state index < -0.39 is 0 Å². The van der Waals surface area contributed by atoms with E-state index in [0.717, 1.165) is 0 Å². The summed E-state index contributed by atoms with van der Waals surface area (Å²) in [5, 5.41) is 3.74. The second kappa shape index (κ2) is 6.44. The topological polar surface area (TPSA) is 12.0 Å². The van der Waals surface area contributed by atoms with Crippen molar-refractivity contribution in [2.75, 3.05) is 0 Å². The van der Waals surface area contributed by atoms with Gasteiger partial charge in [0.05, 0.1) is 0 Å². The van der Waals surface area contributed by atoms with Crippen LogP contribution in [-0.2, 0) is 0 Å². The summed E-state index contributed by atoms with van der Waals surface area (Å²) in [4.78, 5) is 0. The van der Waals surface area contributed by atoms with Gasteiger partial charge in [-0.15, -0.1) is 0 Å². The second-order valence-electron chi connectivity index (χ2n) is 6.26. The maximum Gasteiger partial charge on any atom is 0.0300 e. The van der Waals surface area contributed by atoms with E-state index in [9.17, 15) is 0 Å². The van der Waals surface area contributed by atoms with Crippen LogP contribution in [0.15, 0.2) is 36.4 Å². The molecule has 1 nitrogen and oxygen atoms in total. The van der Waals surface area contributed by atoms with Crippen LogP contribution in [0.3, 0.4) is 0 Å². The molecule has 0 saturated carbocycles. The lowest BCUT2D eigenvalue weighted by Gasteiger charge is -2.24. The van der Waals surface area contributed by atoms with Crippen molar-refractivity contribution in [3.05, 3.63) is 69.8 Å². The molecule has 112 valence electrons. The van der Waals surface area contributed by atoms with Crippen LogP contribution in [-0.4, -0.2) is 0 Å². The van der Waals surface area contributed by atoms with Crippen molar-refractivity contribution < 1.29 is 0 Å². The number of hydrogen-bond acceptors (Lipinski definition) is 1. The summed E-state index contributed by atoms with van der Waals surface area (Å²) < 4.78 is 0. The van der Waals surface area contributed by atoms with Gasteiger partial charge in [-0.05, 0) is 74.9 Å². The summed E-state index contributed by atoms with van der Waals surface area (Å²) in [5.41, 5.74) is 8.24. The monoisotopic (exact) mass is 281 g/mol. The first-order chi connectivity index (χ1) is 9.90. The van der Waals surface area contributed by atoms with Crippen LogP contribution in [0.1, 0.15) is 59.3 Å². The number of aryl methyl sites for hydroxylation is 4. The van der Waals surface area contributed by atoms with E-state index in [1.807, 2.05) is 0 Å². The largest absolute Gasteiger partial charge is 0.304 e. The molecule has 0 aliphatic rings. The fourth-order valence-electron chi connectivity index (χ4n) is 3.08. The average molecular weight is 281 g/mol. The minimum absolute atomic E-state index is 0.346. The van der Waals surface area contributed by atoms with Crippen molar-refractivity contribution in [1.82, 2.24) is 5.32 Å². The normalized spacial score (nSPS) is 14.0. The molecule has 0 saturated heterocycles. The first kappa shape index (κ1) is 15.8. The minimum Gasteiger partial charge on any atom is -0.304 e. The van der Waals surface area contributed by atoms with Crippen LogP contribution in [0.2, 0.25) is 0 Å². The summed E-state index contributed by atoms with van der Waals surface area (Å²) in [5.74, 6) is 0. The maximum absolute atomic E-state index is 3.74. The zero-order valence-electron chi connectivity index (χ0n) is 14.1. The van der Waals surface area contributed by atoms with Crippen LogP contribution in [0.4, 0.5) is 0 Å². The molecule has 0 radical (unpaired) electrons. The molecule has 1 unspecified atom stereocenters. The Morgan fingerprint density at radius 3 is 1.90 bits per heavy atom. The molecule has 21 heavy (non-hydrogen) atoms. The molecular formula is C20H27N. The van der Waals surface area contributed by atoms with Crippen molar-refractivity contribution in [3.8, 4) is 0 Å². The van der Waals surface area contributed by atoms with Gasteiger partial charge in [0, 0.05) is 12.1 Å². The molecule has 1 N–H and O–H groups in total. The summed E-state index contributed by atoms with van der Waals surface area (Å²) in [6.45, 7) is 13.3. The smallest absolute Gasteiger partial charge is 0.0300 e. The number of rotatable bonds is 4. The van der Waals surface area contributed by atoms with Gasteiger partial charge in [0.2, 0.25) is 0 Å². The van der Waals surface area contributed by atoms with Gasteiger partial charge in [0.25, 0.3) is 0 Å². The third-order valence-electron chi connectivity index (χ3n) is 4.50. The summed E-state index contributed by atoms with van der Waals surface area (Å²) >= 11 is 0. The molecule has 0 amide bonds. The summed E-state index contributed by atoms with van der Waals surface area (Å²) in [7, 11) is 0. The lowest BCUT2D eigenvalue weighted by Crippen LogP contribution is -2.23. The van der Waals surface area contributed by atoms with Crippen LogP contribution in [0.25, 0.3) is 0 Å². The molecule has 0 bridgehead atoms. The molecule has 2 atom stereocenters. The molecule has 2 aromatic rings. The van der Waals surface area contributed by atoms with Crippen LogP contribution < -0.4 is 5.32 Å². The molecule has 0 spiro atoms. The van der Waals surface area contributed by atoms with Crippen LogP contribution >= 0.6 is 0 Å². The van der Waals surface area contributed by atoms with E-state index in [1.165, 1.54) is 33.4 Å². The lowest BCUT2D eigenvalue weighted by molar-refractivity contribution is 0.491. The van der Waals surface area contributed by atoms with Crippen molar-refractivity contribution in [1.29, 1.82) is 0 Å². The van der Waals surface area contributed by atoms with Crippen molar-refractivity contribution in [2.24, 2.45) is 0 Å². The first-order valence-corrected chi connectivity index (χ1v) is 7.79. The molecule has 1 heteroatoms. The van der Waals surface area contributed by atoms with Gasteiger partial charge in [-0.3, -0.25) is 0 Å². The molecule has 2 rings (SSSR count). The van der Waals surface area contributed by atoms with E-state index in [4.69, 9.17) is 0 Å². The van der Waals surface area contributed by atoms with Gasteiger partial charge in [0.1, 0.15) is 0 Å². The second-order valence-corrected chi connectivity index (χ2v) is 6.26. The van der Waals surface area contributed by atoms with E-state index in [0.29, 0.717) is 12.1 Å². The van der Waals surface area contributed by atoms with Gasteiger partial charge >= 0.3 is 0 Å². The Balaban J connectivity index is 2.20. The third-order valence-corrected chi connectivity index (χ3v) is 4.50. The highest BCUT2D eigenvalue weighted by Crippen LogP contribution is 2.25. The van der Waals surface area contributed by atoms with E-state index >= 15 is 0 Å². The summed E-state index contributed by atoms with van der Waals surface area (Å²) in [6.07, 6.45) is 0. The molecule has 2 aromatic carbocycles. The highest BCUT2D eigenvalue weighted by atomic mass is 14.9. The van der Waals surface area contributed by atoms with Gasteiger partial charge in [-0.2, -0.15) is 0 Å². The molecule has 0 fully saturated rings. The quantitative estimate of drug-likeness (QED) is 0.798. The van der Waals surface area contributed by atoms with Crippen LogP contribution in [0.5, 0.6) is 0 Å². The van der Waals surface area contributed by atoms with Gasteiger partial charge in [-0.1, -0.05) is 36.4 Å². The van der Waals surface area contributed by atoms with Gasteiger partial charge in [0.15, 0.2) is 0 Å². The van der Waals surface area contributed by atoms with Gasteiger partial charge < -0.3 is 5.32 Å². The molecule has 0 aliphatic heterocycles. The lowest BCUT2D eigenvalue weighted by atomic mass is 9.95. The van der Waals surface area contributed by atoms with E-state index in [1.54, 1.807) is 0 Å². The fourth-order valence-corrected chi connectivity index (χ4v) is 3.08. The SMILES string of the molecule is Cc1cc(C)c(C(C)N[C@H](C)c2ccccc2C)cc1C. The number of nitrogens with one attached hydrogen (secondary N) is 1. The predicted octanol–water partition coefficient (Wildman–Crippen LogP) is 5.33. The predicted molar refractivity (Wildman–Crippen MR) is 91.8 cm³/mol. The Hall–Kier alpha value is -1.60. The van der Waals surface area contributed by atoms with Gasteiger partial charge in [-0.25, -0.2) is 0 Å². The molecule has 0 heterocycles. The van der Waals surface area contributed by atoms with Crippen molar-refractivity contribution >= 4 is 0 Å². The Bertz CT molecular complexity index is 628. The van der Waals surface area contributed by atoms with Crippen molar-refractivity contribution in [3.63, 3.8) is 0 Å². The fraction of sp³-hybridized carbons (Fsp3) is 0.400. The average Bonchev–Trinajstić information content (AvgIpc) is 2.43. The Morgan fingerprint density at radius 2 is 1.24 bits per heavy atom. The number of hydrogen-bond donors (Lipinski definition) is 1. The first-order valence-electron chi connectivity index (χ1n) is 7.79. The molecule has 0 aromatic heterocycles. The zero-order valence-corrected chi connectivity index (χ0v) is 14.1. The third kappa shape index (κ3) is 3.54. The standard InChI is InChI=1S/C20H27N/c1-13-9-7-8-10-19(13)17(5)21-18(6)20-12-15(3)14(2)11-16(20)4/h7-12,17-18,21H,1-6H3/t17-,18?/m1/s1. The Kier molecular flexibility index (Phi) is 4.84. The zero-order chi connectivity index (χ0) is 15.6. The summed E-state index contributed by atoms with van der Waals surface area (Å²) in [6, 6.07) is 13.9. The Morgan fingerprint density at radius 1 is 0.667 bits per heavy atom. The Labute approximate surface area is 129 Å². The minimum atomic E-state index is 0.346. The molecular weight excluding hydrogens is 254 g/mol. The van der Waals surface area contributed by atoms with E-state index in [-0.39, 0.29) is 0 Å². The van der Waals surface area contributed by atoms with Crippen LogP contribution in [0, 0.1) is 27.7 Å². The highest BCUT2D eigenvalue weighted by molar-refractivity contribution is 5.38. The maximum atomic E-state index is 3.74.